The predicted molar refractivity (Wildman–Crippen MR) is 75.1 cm³/mol. The average Bonchev–Trinajstić information content (AvgIpc) is 2.80. The molecule has 0 radical (unpaired) electrons. The third-order valence-electron chi connectivity index (χ3n) is 3.15. The minimum Gasteiger partial charge on any atom is -0.492 e. The van der Waals surface area contributed by atoms with E-state index in [1.807, 2.05) is 18.2 Å². The summed E-state index contributed by atoms with van der Waals surface area (Å²) in [7, 11) is 0. The standard InChI is InChI=1S/C14H14N2O3S/c17-14(18)13-15-11(9-20-13)8-16-5-6-19-12-4-2-1-3-10(12)7-16/h1-4,9H,5-8H2,(H,17,18). The van der Waals surface area contributed by atoms with Crippen LogP contribution in [0.2, 0.25) is 0 Å². The van der Waals surface area contributed by atoms with Crippen LogP contribution in [0.5, 0.6) is 5.75 Å². The molecule has 6 heteroatoms. The molecule has 0 fully saturated rings. The minimum atomic E-state index is -0.967. The van der Waals surface area contributed by atoms with Gasteiger partial charge in [0.2, 0.25) is 5.01 Å². The van der Waals surface area contributed by atoms with Gasteiger partial charge in [0.05, 0.1) is 5.69 Å². The summed E-state index contributed by atoms with van der Waals surface area (Å²) in [6, 6.07) is 7.99. The Balaban J connectivity index is 1.73. The highest BCUT2D eigenvalue weighted by atomic mass is 32.1. The molecule has 0 atom stereocenters. The molecule has 0 aliphatic carbocycles. The number of aromatic nitrogens is 1. The van der Waals surface area contributed by atoms with Gasteiger partial charge < -0.3 is 9.84 Å². The maximum Gasteiger partial charge on any atom is 0.365 e. The number of hydrogen-bond acceptors (Lipinski definition) is 5. The Labute approximate surface area is 120 Å². The number of benzene rings is 1. The van der Waals surface area contributed by atoms with Gasteiger partial charge in [0.15, 0.2) is 0 Å². The van der Waals surface area contributed by atoms with E-state index in [9.17, 15) is 4.79 Å². The van der Waals surface area contributed by atoms with Crippen molar-refractivity contribution in [1.29, 1.82) is 0 Å². The number of thiazole rings is 1. The van der Waals surface area contributed by atoms with Crippen LogP contribution < -0.4 is 4.74 Å². The molecule has 0 spiro atoms. The van der Waals surface area contributed by atoms with Gasteiger partial charge in [-0.05, 0) is 6.07 Å². The first-order valence-corrected chi connectivity index (χ1v) is 7.21. The molecule has 0 unspecified atom stereocenters. The highest BCUT2D eigenvalue weighted by molar-refractivity contribution is 7.11. The molecule has 20 heavy (non-hydrogen) atoms. The maximum absolute atomic E-state index is 10.8. The van der Waals surface area contributed by atoms with Gasteiger partial charge in [-0.15, -0.1) is 11.3 Å². The van der Waals surface area contributed by atoms with Crippen LogP contribution in [-0.2, 0) is 13.1 Å². The van der Waals surface area contributed by atoms with Crippen LogP contribution in [0.15, 0.2) is 29.6 Å². The van der Waals surface area contributed by atoms with E-state index in [1.54, 1.807) is 5.38 Å². The van der Waals surface area contributed by atoms with Gasteiger partial charge in [0, 0.05) is 30.6 Å². The lowest BCUT2D eigenvalue weighted by molar-refractivity contribution is 0.0696. The number of fused-ring (bicyclic) bond motifs is 1. The second-order valence-corrected chi connectivity index (χ2v) is 5.47. The summed E-state index contributed by atoms with van der Waals surface area (Å²) in [5, 5.41) is 10.8. The monoisotopic (exact) mass is 290 g/mol. The van der Waals surface area contributed by atoms with Crippen molar-refractivity contribution in [2.24, 2.45) is 0 Å². The highest BCUT2D eigenvalue weighted by Gasteiger charge is 2.17. The van der Waals surface area contributed by atoms with Crippen LogP contribution in [0.1, 0.15) is 21.1 Å². The molecular weight excluding hydrogens is 276 g/mol. The summed E-state index contributed by atoms with van der Waals surface area (Å²) in [5.41, 5.74) is 1.95. The zero-order valence-corrected chi connectivity index (χ0v) is 11.6. The summed E-state index contributed by atoms with van der Waals surface area (Å²) >= 11 is 1.17. The second kappa shape index (κ2) is 5.60. The number of hydrogen-bond donors (Lipinski definition) is 1. The molecule has 1 aromatic heterocycles. The molecule has 3 rings (SSSR count). The molecule has 1 aliphatic rings. The molecule has 1 aliphatic heterocycles. The Bertz CT molecular complexity index is 626. The first kappa shape index (κ1) is 13.1. The molecule has 2 aromatic rings. The van der Waals surface area contributed by atoms with Crippen LogP contribution in [-0.4, -0.2) is 34.1 Å². The number of ether oxygens (including phenoxy) is 1. The van der Waals surface area contributed by atoms with E-state index >= 15 is 0 Å². The van der Waals surface area contributed by atoms with E-state index in [-0.39, 0.29) is 5.01 Å². The Hall–Kier alpha value is -1.92. The third kappa shape index (κ3) is 2.81. The Morgan fingerprint density at radius 1 is 1.45 bits per heavy atom. The fourth-order valence-corrected chi connectivity index (χ4v) is 2.87. The number of carboxylic acids is 1. The molecule has 0 amide bonds. The normalized spacial score (nSPS) is 15.2. The number of nitrogens with zero attached hydrogens (tertiary/aromatic N) is 2. The largest absolute Gasteiger partial charge is 0.492 e. The van der Waals surface area contributed by atoms with Crippen molar-refractivity contribution in [3.05, 3.63) is 45.9 Å². The minimum absolute atomic E-state index is 0.145. The first-order chi connectivity index (χ1) is 9.72. The van der Waals surface area contributed by atoms with Crippen molar-refractivity contribution in [3.63, 3.8) is 0 Å². The molecule has 0 saturated carbocycles. The summed E-state index contributed by atoms with van der Waals surface area (Å²) in [4.78, 5) is 17.2. The average molecular weight is 290 g/mol. The summed E-state index contributed by atoms with van der Waals surface area (Å²) < 4.78 is 5.71. The highest BCUT2D eigenvalue weighted by Crippen LogP contribution is 2.23. The van der Waals surface area contributed by atoms with E-state index in [2.05, 4.69) is 16.0 Å². The van der Waals surface area contributed by atoms with Crippen molar-refractivity contribution in [1.82, 2.24) is 9.88 Å². The fraction of sp³-hybridized carbons (Fsp3) is 0.286. The lowest BCUT2D eigenvalue weighted by Gasteiger charge is -2.17. The lowest BCUT2D eigenvalue weighted by Crippen LogP contribution is -2.25. The van der Waals surface area contributed by atoms with Gasteiger partial charge in [0.25, 0.3) is 0 Å². The summed E-state index contributed by atoms with van der Waals surface area (Å²) in [6.07, 6.45) is 0. The second-order valence-electron chi connectivity index (χ2n) is 4.62. The van der Waals surface area contributed by atoms with E-state index in [0.717, 1.165) is 30.1 Å². The Kier molecular flexibility index (Phi) is 3.66. The van der Waals surface area contributed by atoms with Crippen LogP contribution in [0.4, 0.5) is 0 Å². The number of carbonyl (C=O) groups is 1. The van der Waals surface area contributed by atoms with Gasteiger partial charge in [-0.25, -0.2) is 9.78 Å². The van der Waals surface area contributed by atoms with Crippen LogP contribution >= 0.6 is 11.3 Å². The summed E-state index contributed by atoms with van der Waals surface area (Å²) in [6.45, 7) is 2.86. The molecular formula is C14H14N2O3S. The topological polar surface area (TPSA) is 62.7 Å². The van der Waals surface area contributed by atoms with Gasteiger partial charge in [-0.3, -0.25) is 4.90 Å². The van der Waals surface area contributed by atoms with Crippen LogP contribution in [0.3, 0.4) is 0 Å². The zero-order valence-electron chi connectivity index (χ0n) is 10.8. The molecule has 104 valence electrons. The quantitative estimate of drug-likeness (QED) is 0.939. The number of aromatic carboxylic acids is 1. The van der Waals surface area contributed by atoms with Crippen molar-refractivity contribution in [2.45, 2.75) is 13.1 Å². The molecule has 0 saturated heterocycles. The van der Waals surface area contributed by atoms with Gasteiger partial charge in [-0.2, -0.15) is 0 Å². The molecule has 1 aromatic carbocycles. The third-order valence-corrected chi connectivity index (χ3v) is 4.03. The van der Waals surface area contributed by atoms with E-state index < -0.39 is 5.97 Å². The van der Waals surface area contributed by atoms with E-state index in [1.165, 1.54) is 11.3 Å². The molecule has 0 bridgehead atoms. The zero-order chi connectivity index (χ0) is 13.9. The van der Waals surface area contributed by atoms with E-state index in [4.69, 9.17) is 9.84 Å². The van der Waals surface area contributed by atoms with Crippen molar-refractivity contribution < 1.29 is 14.6 Å². The smallest absolute Gasteiger partial charge is 0.365 e. The molecule has 2 heterocycles. The number of rotatable bonds is 3. The maximum atomic E-state index is 10.8. The first-order valence-electron chi connectivity index (χ1n) is 6.33. The predicted octanol–water partition coefficient (Wildman–Crippen LogP) is 2.24. The van der Waals surface area contributed by atoms with Gasteiger partial charge >= 0.3 is 5.97 Å². The van der Waals surface area contributed by atoms with Crippen LogP contribution in [0, 0.1) is 0 Å². The summed E-state index contributed by atoms with van der Waals surface area (Å²) in [5.74, 6) is -0.0368. The molecule has 1 N–H and O–H groups in total. The van der Waals surface area contributed by atoms with Crippen molar-refractivity contribution >= 4 is 17.3 Å². The van der Waals surface area contributed by atoms with Crippen molar-refractivity contribution in [2.75, 3.05) is 13.2 Å². The van der Waals surface area contributed by atoms with Gasteiger partial charge in [0.1, 0.15) is 12.4 Å². The van der Waals surface area contributed by atoms with E-state index in [0.29, 0.717) is 13.2 Å². The fourth-order valence-electron chi connectivity index (χ4n) is 2.22. The SMILES string of the molecule is O=C(O)c1nc(CN2CCOc3ccccc3C2)cs1. The Morgan fingerprint density at radius 3 is 3.10 bits per heavy atom. The van der Waals surface area contributed by atoms with Gasteiger partial charge in [-0.1, -0.05) is 18.2 Å². The van der Waals surface area contributed by atoms with Crippen LogP contribution in [0.25, 0.3) is 0 Å². The Morgan fingerprint density at radius 2 is 2.30 bits per heavy atom. The number of carboxylic acid groups (broad SMARTS) is 1. The number of para-hydroxylation sites is 1. The lowest BCUT2D eigenvalue weighted by atomic mass is 10.2. The van der Waals surface area contributed by atoms with Crippen molar-refractivity contribution in [3.8, 4) is 5.75 Å². The molecule has 5 nitrogen and oxygen atoms in total.